The Kier molecular flexibility index (Phi) is 4.39. The summed E-state index contributed by atoms with van der Waals surface area (Å²) in [6, 6.07) is 6.75. The van der Waals surface area contributed by atoms with Crippen LogP contribution in [0.3, 0.4) is 0 Å². The Balaban J connectivity index is 2.21. The van der Waals surface area contributed by atoms with E-state index in [0.29, 0.717) is 12.8 Å². The minimum absolute atomic E-state index is 0.161. The van der Waals surface area contributed by atoms with Gasteiger partial charge < -0.3 is 5.32 Å². The average Bonchev–Trinajstić information content (AvgIpc) is 2.69. The number of anilines is 1. The predicted octanol–water partition coefficient (Wildman–Crippen LogP) is 3.94. The van der Waals surface area contributed by atoms with Crippen molar-refractivity contribution < 1.29 is 9.18 Å². The van der Waals surface area contributed by atoms with Crippen LogP contribution in [-0.2, 0) is 4.79 Å². The molecule has 2 rings (SSSR count). The number of nitriles is 1. The standard InChI is InChI=1S/C16H19FN2O/c1-12-6-7-13(17)14(10-12)19-15(20)16(11-18)8-4-2-3-5-9-16/h6-7,10H,2-5,8-9H2,1H3,(H,19,20). The maximum Gasteiger partial charge on any atom is 0.244 e. The molecule has 0 atom stereocenters. The van der Waals surface area contributed by atoms with E-state index in [9.17, 15) is 14.4 Å². The Labute approximate surface area is 118 Å². The second-order valence-corrected chi connectivity index (χ2v) is 5.55. The predicted molar refractivity (Wildman–Crippen MR) is 75.5 cm³/mol. The van der Waals surface area contributed by atoms with Gasteiger partial charge in [0.1, 0.15) is 11.2 Å². The summed E-state index contributed by atoms with van der Waals surface area (Å²) in [5.74, 6) is -0.836. The molecule has 0 radical (unpaired) electrons. The SMILES string of the molecule is Cc1ccc(F)c(NC(=O)C2(C#N)CCCCCC2)c1. The number of hydrogen-bond donors (Lipinski definition) is 1. The van der Waals surface area contributed by atoms with Crippen molar-refractivity contribution in [2.45, 2.75) is 45.4 Å². The zero-order valence-corrected chi connectivity index (χ0v) is 11.7. The molecule has 20 heavy (non-hydrogen) atoms. The topological polar surface area (TPSA) is 52.9 Å². The lowest BCUT2D eigenvalue weighted by molar-refractivity contribution is -0.123. The van der Waals surface area contributed by atoms with E-state index in [1.807, 2.05) is 6.92 Å². The van der Waals surface area contributed by atoms with E-state index >= 15 is 0 Å². The zero-order valence-electron chi connectivity index (χ0n) is 11.7. The smallest absolute Gasteiger partial charge is 0.244 e. The summed E-state index contributed by atoms with van der Waals surface area (Å²) in [6.07, 6.45) is 4.96. The van der Waals surface area contributed by atoms with E-state index in [0.717, 1.165) is 31.2 Å². The number of hydrogen-bond acceptors (Lipinski definition) is 2. The number of rotatable bonds is 2. The molecule has 4 heteroatoms. The highest BCUT2D eigenvalue weighted by Crippen LogP contribution is 2.35. The lowest BCUT2D eigenvalue weighted by Gasteiger charge is -2.23. The molecule has 1 aliphatic rings. The normalized spacial score (nSPS) is 17.9. The molecule has 0 heterocycles. The second-order valence-electron chi connectivity index (χ2n) is 5.55. The van der Waals surface area contributed by atoms with Crippen molar-refractivity contribution in [2.75, 3.05) is 5.32 Å². The van der Waals surface area contributed by atoms with E-state index in [1.165, 1.54) is 6.07 Å². The van der Waals surface area contributed by atoms with Crippen molar-refractivity contribution in [1.29, 1.82) is 5.26 Å². The van der Waals surface area contributed by atoms with Crippen molar-refractivity contribution in [1.82, 2.24) is 0 Å². The zero-order chi connectivity index (χ0) is 14.6. The van der Waals surface area contributed by atoms with Crippen LogP contribution in [0.4, 0.5) is 10.1 Å². The molecule has 0 bridgehead atoms. The van der Waals surface area contributed by atoms with Crippen LogP contribution < -0.4 is 5.32 Å². The molecule has 3 nitrogen and oxygen atoms in total. The lowest BCUT2D eigenvalue weighted by Crippen LogP contribution is -2.34. The molecule has 0 saturated heterocycles. The third-order valence-electron chi connectivity index (χ3n) is 3.98. The highest BCUT2D eigenvalue weighted by Gasteiger charge is 2.39. The van der Waals surface area contributed by atoms with Gasteiger partial charge in [0, 0.05) is 0 Å². The first-order valence-electron chi connectivity index (χ1n) is 7.06. The Hall–Kier alpha value is -1.89. The molecule has 1 aromatic rings. The molecular formula is C16H19FN2O. The van der Waals surface area contributed by atoms with Gasteiger partial charge in [0.25, 0.3) is 0 Å². The number of nitrogens with one attached hydrogen (secondary N) is 1. The molecule has 1 aliphatic carbocycles. The van der Waals surface area contributed by atoms with Crippen molar-refractivity contribution in [3.05, 3.63) is 29.6 Å². The molecule has 1 N–H and O–H groups in total. The van der Waals surface area contributed by atoms with Crippen LogP contribution in [0.25, 0.3) is 0 Å². The minimum Gasteiger partial charge on any atom is -0.322 e. The fraction of sp³-hybridized carbons (Fsp3) is 0.500. The molecule has 0 spiro atoms. The van der Waals surface area contributed by atoms with Crippen LogP contribution in [-0.4, -0.2) is 5.91 Å². The Morgan fingerprint density at radius 2 is 1.95 bits per heavy atom. The molecule has 1 fully saturated rings. The number of aryl methyl sites for hydroxylation is 1. The van der Waals surface area contributed by atoms with Gasteiger partial charge in [0.2, 0.25) is 5.91 Å². The van der Waals surface area contributed by atoms with Gasteiger partial charge in [-0.2, -0.15) is 5.26 Å². The molecule has 0 aliphatic heterocycles. The van der Waals surface area contributed by atoms with Crippen LogP contribution in [0.1, 0.15) is 44.1 Å². The van der Waals surface area contributed by atoms with E-state index in [-0.39, 0.29) is 11.6 Å². The van der Waals surface area contributed by atoms with Gasteiger partial charge in [-0.05, 0) is 37.5 Å². The third kappa shape index (κ3) is 2.98. The Morgan fingerprint density at radius 3 is 2.55 bits per heavy atom. The fourth-order valence-electron chi connectivity index (χ4n) is 2.70. The average molecular weight is 274 g/mol. The number of carbonyl (C=O) groups excluding carboxylic acids is 1. The van der Waals surface area contributed by atoms with Crippen molar-refractivity contribution in [2.24, 2.45) is 5.41 Å². The number of carbonyl (C=O) groups is 1. The second kappa shape index (κ2) is 6.04. The first-order chi connectivity index (χ1) is 9.57. The number of benzene rings is 1. The molecule has 1 saturated carbocycles. The van der Waals surface area contributed by atoms with Gasteiger partial charge >= 0.3 is 0 Å². The summed E-state index contributed by atoms with van der Waals surface area (Å²) in [4.78, 5) is 12.4. The van der Waals surface area contributed by atoms with Gasteiger partial charge in [-0.1, -0.05) is 31.7 Å². The summed E-state index contributed by atoms with van der Waals surface area (Å²) >= 11 is 0. The molecule has 0 aromatic heterocycles. The Morgan fingerprint density at radius 1 is 1.30 bits per heavy atom. The van der Waals surface area contributed by atoms with Gasteiger partial charge in [0.05, 0.1) is 11.8 Å². The first-order valence-corrected chi connectivity index (χ1v) is 7.06. The summed E-state index contributed by atoms with van der Waals surface area (Å²) in [7, 11) is 0. The van der Waals surface area contributed by atoms with Gasteiger partial charge in [-0.15, -0.1) is 0 Å². The first kappa shape index (κ1) is 14.5. The number of amides is 1. The van der Waals surface area contributed by atoms with Crippen molar-refractivity contribution in [3.8, 4) is 6.07 Å². The van der Waals surface area contributed by atoms with Crippen molar-refractivity contribution >= 4 is 11.6 Å². The molecular weight excluding hydrogens is 255 g/mol. The monoisotopic (exact) mass is 274 g/mol. The van der Waals surface area contributed by atoms with E-state index in [4.69, 9.17) is 0 Å². The highest BCUT2D eigenvalue weighted by atomic mass is 19.1. The lowest BCUT2D eigenvalue weighted by atomic mass is 9.81. The minimum atomic E-state index is -1.01. The third-order valence-corrected chi connectivity index (χ3v) is 3.98. The molecule has 106 valence electrons. The van der Waals surface area contributed by atoms with Crippen LogP contribution in [0.5, 0.6) is 0 Å². The highest BCUT2D eigenvalue weighted by molar-refractivity contribution is 5.97. The summed E-state index contributed by atoms with van der Waals surface area (Å²) in [5.41, 5.74) is 0.0228. The maximum absolute atomic E-state index is 13.7. The van der Waals surface area contributed by atoms with Crippen LogP contribution in [0, 0.1) is 29.5 Å². The van der Waals surface area contributed by atoms with Gasteiger partial charge in [-0.25, -0.2) is 4.39 Å². The van der Waals surface area contributed by atoms with E-state index in [1.54, 1.807) is 12.1 Å². The van der Waals surface area contributed by atoms with E-state index in [2.05, 4.69) is 11.4 Å². The van der Waals surface area contributed by atoms with Crippen LogP contribution in [0.2, 0.25) is 0 Å². The number of halogens is 1. The molecule has 1 amide bonds. The Bertz CT molecular complexity index is 540. The van der Waals surface area contributed by atoms with Crippen LogP contribution in [0.15, 0.2) is 18.2 Å². The molecule has 1 aromatic carbocycles. The molecule has 0 unspecified atom stereocenters. The summed E-state index contributed by atoms with van der Waals surface area (Å²) in [5, 5.41) is 12.0. The largest absolute Gasteiger partial charge is 0.322 e. The maximum atomic E-state index is 13.7. The summed E-state index contributed by atoms with van der Waals surface area (Å²) < 4.78 is 13.7. The quantitative estimate of drug-likeness (QED) is 0.830. The van der Waals surface area contributed by atoms with Crippen molar-refractivity contribution in [3.63, 3.8) is 0 Å². The van der Waals surface area contributed by atoms with Gasteiger partial charge in [0.15, 0.2) is 0 Å². The van der Waals surface area contributed by atoms with Gasteiger partial charge in [-0.3, -0.25) is 4.79 Å². The van der Waals surface area contributed by atoms with Crippen LogP contribution >= 0.6 is 0 Å². The summed E-state index contributed by atoms with van der Waals surface area (Å²) in [6.45, 7) is 1.83. The number of nitrogens with zero attached hydrogens (tertiary/aromatic N) is 1. The van der Waals surface area contributed by atoms with E-state index < -0.39 is 11.2 Å². The fourth-order valence-corrected chi connectivity index (χ4v) is 2.70.